The highest BCUT2D eigenvalue weighted by molar-refractivity contribution is 5.67. The summed E-state index contributed by atoms with van der Waals surface area (Å²) >= 11 is 0. The van der Waals surface area contributed by atoms with Crippen LogP contribution < -0.4 is 5.32 Å². The monoisotopic (exact) mass is 269 g/mol. The molecule has 1 N–H and O–H groups in total. The second-order valence-corrected chi connectivity index (χ2v) is 3.90. The maximum absolute atomic E-state index is 12.8. The largest absolute Gasteiger partial charge is 0.420 e. The third-order valence-corrected chi connectivity index (χ3v) is 2.44. The maximum Gasteiger partial charge on any atom is 0.232 e. The molecule has 0 saturated carbocycles. The summed E-state index contributed by atoms with van der Waals surface area (Å²) < 4.78 is 18.2. The van der Waals surface area contributed by atoms with Crippen molar-refractivity contribution in [3.05, 3.63) is 59.9 Å². The van der Waals surface area contributed by atoms with E-state index in [-0.39, 0.29) is 11.5 Å². The van der Waals surface area contributed by atoms with Crippen LogP contribution >= 0.6 is 0 Å². The number of oxazole rings is 1. The van der Waals surface area contributed by atoms with Gasteiger partial charge in [0.05, 0.1) is 0 Å². The van der Waals surface area contributed by atoms with Crippen molar-refractivity contribution in [2.24, 2.45) is 0 Å². The minimum absolute atomic E-state index is 0.186. The van der Waals surface area contributed by atoms with Gasteiger partial charge in [-0.25, -0.2) is 4.39 Å². The fourth-order valence-corrected chi connectivity index (χ4v) is 1.51. The topological polar surface area (TPSA) is 61.9 Å². The number of hydrogen-bond donors (Lipinski definition) is 1. The molecule has 100 valence electrons. The first kappa shape index (κ1) is 13.6. The van der Waals surface area contributed by atoms with Crippen molar-refractivity contribution in [3.8, 4) is 6.07 Å². The van der Waals surface area contributed by atoms with Gasteiger partial charge in [0.25, 0.3) is 0 Å². The number of benzene rings is 1. The zero-order valence-corrected chi connectivity index (χ0v) is 10.6. The van der Waals surface area contributed by atoms with E-state index in [0.717, 1.165) is 5.56 Å². The molecular weight excluding hydrogens is 257 g/mol. The highest BCUT2D eigenvalue weighted by Crippen LogP contribution is 2.18. The highest BCUT2D eigenvalue weighted by atomic mass is 19.1. The quantitative estimate of drug-likeness (QED) is 0.844. The average Bonchev–Trinajstić information content (AvgIpc) is 2.87. The zero-order chi connectivity index (χ0) is 14.4. The lowest BCUT2D eigenvalue weighted by Gasteiger charge is -1.95. The Bertz CT molecular complexity index is 665. The van der Waals surface area contributed by atoms with Crippen LogP contribution in [0.4, 0.5) is 10.3 Å². The number of aromatic nitrogens is 1. The van der Waals surface area contributed by atoms with Gasteiger partial charge < -0.3 is 9.73 Å². The number of nitrogens with zero attached hydrogens (tertiary/aromatic N) is 2. The predicted octanol–water partition coefficient (Wildman–Crippen LogP) is 3.45. The molecule has 0 aliphatic heterocycles. The summed E-state index contributed by atoms with van der Waals surface area (Å²) in [4.78, 5) is 4.03. The van der Waals surface area contributed by atoms with E-state index in [9.17, 15) is 4.39 Å². The van der Waals surface area contributed by atoms with Crippen LogP contribution in [0.1, 0.15) is 17.1 Å². The third kappa shape index (κ3) is 3.33. The molecule has 0 aliphatic rings. The number of nitriles is 1. The first-order valence-corrected chi connectivity index (χ1v) is 5.92. The van der Waals surface area contributed by atoms with E-state index >= 15 is 0 Å². The Morgan fingerprint density at radius 2 is 2.10 bits per heavy atom. The molecule has 5 heteroatoms. The molecule has 0 saturated heterocycles. The van der Waals surface area contributed by atoms with Gasteiger partial charge in [-0.2, -0.15) is 10.2 Å². The van der Waals surface area contributed by atoms with E-state index in [4.69, 9.17) is 9.68 Å². The number of anilines is 1. The SMILES string of the molecule is C=CCNc1oc(C=Cc2ccc(F)cc2)nc1C#N. The Morgan fingerprint density at radius 1 is 1.35 bits per heavy atom. The second-order valence-electron chi connectivity index (χ2n) is 3.90. The van der Waals surface area contributed by atoms with Crippen molar-refractivity contribution in [2.45, 2.75) is 0 Å². The molecule has 0 unspecified atom stereocenters. The Morgan fingerprint density at radius 3 is 2.75 bits per heavy atom. The normalized spacial score (nSPS) is 10.4. The Balaban J connectivity index is 2.17. The molecule has 0 radical (unpaired) electrons. The summed E-state index contributed by atoms with van der Waals surface area (Å²) in [7, 11) is 0. The molecule has 1 aromatic heterocycles. The van der Waals surface area contributed by atoms with Crippen LogP contribution in [0.15, 0.2) is 41.3 Å². The number of nitrogens with one attached hydrogen (secondary N) is 1. The first-order valence-electron chi connectivity index (χ1n) is 5.92. The lowest BCUT2D eigenvalue weighted by atomic mass is 10.2. The van der Waals surface area contributed by atoms with E-state index in [2.05, 4.69) is 16.9 Å². The van der Waals surface area contributed by atoms with Gasteiger partial charge in [-0.05, 0) is 23.8 Å². The smallest absolute Gasteiger partial charge is 0.232 e. The van der Waals surface area contributed by atoms with Crippen molar-refractivity contribution < 1.29 is 8.81 Å². The summed E-state index contributed by atoms with van der Waals surface area (Å²) in [5.41, 5.74) is 0.995. The van der Waals surface area contributed by atoms with Gasteiger partial charge in [0.1, 0.15) is 11.9 Å². The number of halogens is 1. The molecule has 2 aromatic rings. The molecular formula is C15H12FN3O. The fourth-order valence-electron chi connectivity index (χ4n) is 1.51. The molecule has 0 aliphatic carbocycles. The van der Waals surface area contributed by atoms with Gasteiger partial charge in [0, 0.05) is 12.6 Å². The molecule has 1 heterocycles. The van der Waals surface area contributed by atoms with Crippen LogP contribution in [-0.4, -0.2) is 11.5 Å². The van der Waals surface area contributed by atoms with Crippen molar-refractivity contribution in [2.75, 3.05) is 11.9 Å². The molecule has 0 atom stereocenters. The number of rotatable bonds is 5. The molecule has 20 heavy (non-hydrogen) atoms. The molecule has 0 bridgehead atoms. The van der Waals surface area contributed by atoms with Crippen molar-refractivity contribution in [3.63, 3.8) is 0 Å². The lowest BCUT2D eigenvalue weighted by molar-refractivity contribution is 0.560. The maximum atomic E-state index is 12.8. The van der Waals surface area contributed by atoms with Gasteiger partial charge in [0.15, 0.2) is 0 Å². The fraction of sp³-hybridized carbons (Fsp3) is 0.0667. The van der Waals surface area contributed by atoms with Crippen LogP contribution in [0.2, 0.25) is 0 Å². The second kappa shape index (κ2) is 6.34. The van der Waals surface area contributed by atoms with Gasteiger partial charge >= 0.3 is 0 Å². The van der Waals surface area contributed by atoms with Crippen LogP contribution in [-0.2, 0) is 0 Å². The molecule has 0 amide bonds. The van der Waals surface area contributed by atoms with Crippen molar-refractivity contribution >= 4 is 18.0 Å². The lowest BCUT2D eigenvalue weighted by Crippen LogP contribution is -1.97. The van der Waals surface area contributed by atoms with Crippen LogP contribution in [0, 0.1) is 17.1 Å². The van der Waals surface area contributed by atoms with Gasteiger partial charge in [0.2, 0.25) is 17.5 Å². The molecule has 4 nitrogen and oxygen atoms in total. The summed E-state index contributed by atoms with van der Waals surface area (Å²) in [5.74, 6) is 0.324. The molecule has 0 spiro atoms. The van der Waals surface area contributed by atoms with Gasteiger partial charge in [-0.3, -0.25) is 0 Å². The Hall–Kier alpha value is -2.87. The van der Waals surface area contributed by atoms with Crippen LogP contribution in [0.5, 0.6) is 0 Å². The Labute approximate surface area is 115 Å². The zero-order valence-electron chi connectivity index (χ0n) is 10.6. The van der Waals surface area contributed by atoms with Gasteiger partial charge in [-0.15, -0.1) is 6.58 Å². The van der Waals surface area contributed by atoms with E-state index in [0.29, 0.717) is 18.3 Å². The molecule has 1 aromatic carbocycles. The van der Waals surface area contributed by atoms with Crippen LogP contribution in [0.25, 0.3) is 12.2 Å². The van der Waals surface area contributed by atoms with Gasteiger partial charge in [-0.1, -0.05) is 18.2 Å². The first-order chi connectivity index (χ1) is 9.72. The minimum Gasteiger partial charge on any atom is -0.420 e. The van der Waals surface area contributed by atoms with Crippen LogP contribution in [0.3, 0.4) is 0 Å². The standard InChI is InChI=1S/C15H12FN3O/c1-2-9-18-15-13(10-17)19-14(20-15)8-5-11-3-6-12(16)7-4-11/h2-8,18H,1,9H2. The highest BCUT2D eigenvalue weighted by Gasteiger charge is 2.09. The average molecular weight is 269 g/mol. The van der Waals surface area contributed by atoms with E-state index in [1.807, 2.05) is 6.07 Å². The Kier molecular flexibility index (Phi) is 4.30. The van der Waals surface area contributed by atoms with E-state index in [1.54, 1.807) is 30.4 Å². The molecule has 2 rings (SSSR count). The van der Waals surface area contributed by atoms with E-state index < -0.39 is 0 Å². The van der Waals surface area contributed by atoms with Crippen molar-refractivity contribution in [1.82, 2.24) is 4.98 Å². The van der Waals surface area contributed by atoms with Crippen molar-refractivity contribution in [1.29, 1.82) is 5.26 Å². The predicted molar refractivity (Wildman–Crippen MR) is 75.2 cm³/mol. The summed E-state index contributed by atoms with van der Waals surface area (Å²) in [6.45, 7) is 4.05. The minimum atomic E-state index is -0.291. The number of hydrogen-bond acceptors (Lipinski definition) is 4. The third-order valence-electron chi connectivity index (χ3n) is 2.44. The summed E-state index contributed by atoms with van der Waals surface area (Å²) in [5, 5.41) is 11.8. The van der Waals surface area contributed by atoms with E-state index in [1.165, 1.54) is 12.1 Å². The molecule has 0 fully saturated rings. The summed E-state index contributed by atoms with van der Waals surface area (Å²) in [6.07, 6.45) is 4.99. The summed E-state index contributed by atoms with van der Waals surface area (Å²) in [6, 6.07) is 7.95.